The Kier molecular flexibility index (Phi) is 4.19. The molecule has 2 N–H and O–H groups in total. The summed E-state index contributed by atoms with van der Waals surface area (Å²) in [5.41, 5.74) is 6.51. The van der Waals surface area contributed by atoms with Crippen molar-refractivity contribution >= 4 is 22.8 Å². The molecule has 0 aliphatic rings. The third-order valence-electron chi connectivity index (χ3n) is 2.71. The Morgan fingerprint density at radius 2 is 2.00 bits per heavy atom. The Morgan fingerprint density at radius 1 is 1.28 bits per heavy atom. The summed E-state index contributed by atoms with van der Waals surface area (Å²) in [5.74, 6) is -0.801. The van der Waals surface area contributed by atoms with E-state index in [0.717, 1.165) is 29.8 Å². The maximum atomic E-state index is 13.2. The SMILES string of the molecule is Cn1c(SCCCCN)nc2cc(F)c(F)cc21. The molecule has 0 saturated carbocycles. The van der Waals surface area contributed by atoms with Gasteiger partial charge in [0.15, 0.2) is 16.8 Å². The number of nitrogens with two attached hydrogens (primary N) is 1. The van der Waals surface area contributed by atoms with Crippen LogP contribution in [0.3, 0.4) is 0 Å². The number of fused-ring (bicyclic) bond motifs is 1. The number of benzene rings is 1. The average molecular weight is 271 g/mol. The van der Waals surface area contributed by atoms with Crippen molar-refractivity contribution in [2.75, 3.05) is 12.3 Å². The van der Waals surface area contributed by atoms with Crippen LogP contribution in [-0.4, -0.2) is 21.8 Å². The molecule has 6 heteroatoms. The van der Waals surface area contributed by atoms with Gasteiger partial charge in [0.2, 0.25) is 0 Å². The maximum absolute atomic E-state index is 13.2. The largest absolute Gasteiger partial charge is 0.330 e. The molecule has 1 aromatic heterocycles. The number of hydrogen-bond donors (Lipinski definition) is 1. The van der Waals surface area contributed by atoms with E-state index in [9.17, 15) is 8.78 Å². The smallest absolute Gasteiger partial charge is 0.168 e. The summed E-state index contributed by atoms with van der Waals surface area (Å²) in [4.78, 5) is 4.30. The van der Waals surface area contributed by atoms with Crippen molar-refractivity contribution in [1.82, 2.24) is 9.55 Å². The zero-order valence-corrected chi connectivity index (χ0v) is 10.9. The minimum Gasteiger partial charge on any atom is -0.330 e. The molecule has 3 nitrogen and oxygen atoms in total. The molecule has 2 aromatic rings. The van der Waals surface area contributed by atoms with Gasteiger partial charge in [0, 0.05) is 24.9 Å². The highest BCUT2D eigenvalue weighted by Crippen LogP contribution is 2.25. The zero-order chi connectivity index (χ0) is 13.1. The molecule has 1 aromatic carbocycles. The third-order valence-corrected chi connectivity index (χ3v) is 3.83. The molecular weight excluding hydrogens is 256 g/mol. The number of imidazole rings is 1. The highest BCUT2D eigenvalue weighted by molar-refractivity contribution is 7.99. The van der Waals surface area contributed by atoms with Gasteiger partial charge in [0.1, 0.15) is 0 Å². The summed E-state index contributed by atoms with van der Waals surface area (Å²) in [6.07, 6.45) is 1.98. The lowest BCUT2D eigenvalue weighted by Gasteiger charge is -2.01. The van der Waals surface area contributed by atoms with Crippen LogP contribution in [0.25, 0.3) is 11.0 Å². The average Bonchev–Trinajstić information content (AvgIpc) is 2.63. The molecule has 1 heterocycles. The van der Waals surface area contributed by atoms with Crippen molar-refractivity contribution in [3.05, 3.63) is 23.8 Å². The Bertz CT molecular complexity index is 554. The van der Waals surface area contributed by atoms with E-state index in [4.69, 9.17) is 5.73 Å². The molecule has 0 spiro atoms. The van der Waals surface area contributed by atoms with Gasteiger partial charge in [-0.15, -0.1) is 0 Å². The van der Waals surface area contributed by atoms with Gasteiger partial charge >= 0.3 is 0 Å². The molecule has 0 atom stereocenters. The molecule has 98 valence electrons. The van der Waals surface area contributed by atoms with Crippen LogP contribution in [0.5, 0.6) is 0 Å². The highest BCUT2D eigenvalue weighted by atomic mass is 32.2. The fourth-order valence-corrected chi connectivity index (χ4v) is 2.69. The second kappa shape index (κ2) is 5.67. The lowest BCUT2D eigenvalue weighted by molar-refractivity contribution is 0.510. The molecule has 0 saturated heterocycles. The first-order valence-corrected chi connectivity index (χ1v) is 6.76. The summed E-state index contributed by atoms with van der Waals surface area (Å²) in [6, 6.07) is 2.32. The molecule has 0 fully saturated rings. The van der Waals surface area contributed by atoms with Crippen molar-refractivity contribution in [3.63, 3.8) is 0 Å². The first-order valence-electron chi connectivity index (χ1n) is 5.78. The maximum Gasteiger partial charge on any atom is 0.168 e. The van der Waals surface area contributed by atoms with Crippen LogP contribution in [0.1, 0.15) is 12.8 Å². The third kappa shape index (κ3) is 2.64. The second-order valence-electron chi connectivity index (χ2n) is 4.05. The molecule has 2 rings (SSSR count). The molecule has 18 heavy (non-hydrogen) atoms. The predicted molar refractivity (Wildman–Crippen MR) is 69.6 cm³/mol. The number of thioether (sulfide) groups is 1. The fraction of sp³-hybridized carbons (Fsp3) is 0.417. The zero-order valence-electron chi connectivity index (χ0n) is 10.1. The van der Waals surface area contributed by atoms with E-state index in [1.54, 1.807) is 23.4 Å². The number of nitrogens with zero attached hydrogens (tertiary/aromatic N) is 2. The molecule has 0 bridgehead atoms. The van der Waals surface area contributed by atoms with E-state index >= 15 is 0 Å². The van der Waals surface area contributed by atoms with Gasteiger partial charge in [-0.05, 0) is 19.4 Å². The normalized spacial score (nSPS) is 11.3. The van der Waals surface area contributed by atoms with Crippen molar-refractivity contribution in [1.29, 1.82) is 0 Å². The van der Waals surface area contributed by atoms with Crippen LogP contribution in [0, 0.1) is 11.6 Å². The minimum atomic E-state index is -0.861. The fourth-order valence-electron chi connectivity index (χ4n) is 1.70. The van der Waals surface area contributed by atoms with Crippen LogP contribution in [0.4, 0.5) is 8.78 Å². The lowest BCUT2D eigenvalue weighted by Crippen LogP contribution is -1.99. The van der Waals surface area contributed by atoms with Crippen LogP contribution in [-0.2, 0) is 7.05 Å². The summed E-state index contributed by atoms with van der Waals surface area (Å²) in [5, 5.41) is 0.770. The number of aryl methyl sites for hydroxylation is 1. The van der Waals surface area contributed by atoms with E-state index in [1.807, 2.05) is 0 Å². The highest BCUT2D eigenvalue weighted by Gasteiger charge is 2.12. The Hall–Kier alpha value is -1.14. The second-order valence-corrected chi connectivity index (χ2v) is 5.11. The van der Waals surface area contributed by atoms with Crippen LogP contribution in [0.2, 0.25) is 0 Å². The number of rotatable bonds is 5. The van der Waals surface area contributed by atoms with Crippen LogP contribution < -0.4 is 5.73 Å². The predicted octanol–water partition coefficient (Wildman–Crippen LogP) is 2.68. The van der Waals surface area contributed by atoms with Crippen molar-refractivity contribution in [2.45, 2.75) is 18.0 Å². The van der Waals surface area contributed by atoms with E-state index in [-0.39, 0.29) is 0 Å². The topological polar surface area (TPSA) is 43.8 Å². The summed E-state index contributed by atoms with van der Waals surface area (Å²) in [6.45, 7) is 0.680. The van der Waals surface area contributed by atoms with Crippen LogP contribution >= 0.6 is 11.8 Å². The summed E-state index contributed by atoms with van der Waals surface area (Å²) >= 11 is 1.58. The van der Waals surface area contributed by atoms with E-state index in [0.29, 0.717) is 17.6 Å². The van der Waals surface area contributed by atoms with Crippen molar-refractivity contribution in [3.8, 4) is 0 Å². The first kappa shape index (κ1) is 13.3. The van der Waals surface area contributed by atoms with Gasteiger partial charge in [-0.1, -0.05) is 11.8 Å². The Balaban J connectivity index is 2.22. The van der Waals surface area contributed by atoms with Gasteiger partial charge in [-0.25, -0.2) is 13.8 Å². The van der Waals surface area contributed by atoms with Gasteiger partial charge in [0.25, 0.3) is 0 Å². The number of hydrogen-bond acceptors (Lipinski definition) is 3. The number of halogens is 2. The monoisotopic (exact) mass is 271 g/mol. The van der Waals surface area contributed by atoms with Crippen LogP contribution in [0.15, 0.2) is 17.3 Å². The Morgan fingerprint density at radius 3 is 2.72 bits per heavy atom. The van der Waals surface area contributed by atoms with E-state index < -0.39 is 11.6 Å². The van der Waals surface area contributed by atoms with Crippen molar-refractivity contribution < 1.29 is 8.78 Å². The number of unbranched alkanes of at least 4 members (excludes halogenated alkanes) is 1. The van der Waals surface area contributed by atoms with Gasteiger partial charge in [0.05, 0.1) is 11.0 Å². The van der Waals surface area contributed by atoms with Gasteiger partial charge in [-0.3, -0.25) is 0 Å². The minimum absolute atomic E-state index is 0.484. The Labute approximate surface area is 108 Å². The summed E-state index contributed by atoms with van der Waals surface area (Å²) < 4.78 is 28.0. The standard InChI is InChI=1S/C12H15F2N3S/c1-17-11-7-9(14)8(13)6-10(11)16-12(17)18-5-3-2-4-15/h6-7H,2-5,15H2,1H3. The van der Waals surface area contributed by atoms with Gasteiger partial charge < -0.3 is 10.3 Å². The molecule has 0 amide bonds. The molecule has 0 aliphatic carbocycles. The van der Waals surface area contributed by atoms with E-state index in [2.05, 4.69) is 4.98 Å². The lowest BCUT2D eigenvalue weighted by atomic mass is 10.3. The molecule has 0 aliphatic heterocycles. The molecular formula is C12H15F2N3S. The van der Waals surface area contributed by atoms with Gasteiger partial charge in [-0.2, -0.15) is 0 Å². The molecule has 0 unspecified atom stereocenters. The quantitative estimate of drug-likeness (QED) is 0.671. The summed E-state index contributed by atoms with van der Waals surface area (Å²) in [7, 11) is 1.80. The number of aromatic nitrogens is 2. The first-order chi connectivity index (χ1) is 8.63. The van der Waals surface area contributed by atoms with Crippen molar-refractivity contribution in [2.24, 2.45) is 12.8 Å². The molecule has 0 radical (unpaired) electrons. The van der Waals surface area contributed by atoms with E-state index in [1.165, 1.54) is 6.07 Å².